The van der Waals surface area contributed by atoms with Crippen molar-refractivity contribution in [3.05, 3.63) is 59.0 Å². The molecular weight excluding hydrogens is 393 g/mol. The van der Waals surface area contributed by atoms with Crippen LogP contribution in [-0.4, -0.2) is 39.8 Å². The fourth-order valence-corrected chi connectivity index (χ4v) is 3.96. The molecule has 2 aliphatic heterocycles. The van der Waals surface area contributed by atoms with Crippen LogP contribution in [-0.2, 0) is 14.3 Å². The van der Waals surface area contributed by atoms with Gasteiger partial charge in [-0.25, -0.2) is 9.18 Å². The van der Waals surface area contributed by atoms with E-state index in [1.165, 1.54) is 44.4 Å². The number of amides is 1. The molecule has 30 heavy (non-hydrogen) atoms. The molecule has 7 nitrogen and oxygen atoms in total. The van der Waals surface area contributed by atoms with Crippen LogP contribution >= 0.6 is 0 Å². The number of rotatable bonds is 5. The number of hydrogen-bond donors (Lipinski definition) is 0. The Morgan fingerprint density at radius 3 is 2.33 bits per heavy atom. The SMILES string of the molecule is COc1cc([C@H]2CC(=O)N(c3cccc(F)c3)C3=C2C(=O)OC3)cc(OC)c1OC. The van der Waals surface area contributed by atoms with Gasteiger partial charge in [0.2, 0.25) is 11.7 Å². The van der Waals surface area contributed by atoms with Crippen LogP contribution < -0.4 is 19.1 Å². The van der Waals surface area contributed by atoms with Gasteiger partial charge in [-0.15, -0.1) is 0 Å². The maximum atomic E-state index is 13.8. The number of methoxy groups -OCH3 is 3. The van der Waals surface area contributed by atoms with E-state index in [4.69, 9.17) is 18.9 Å². The van der Waals surface area contributed by atoms with Crippen molar-refractivity contribution in [1.29, 1.82) is 0 Å². The molecule has 2 aliphatic rings. The number of hydrogen-bond acceptors (Lipinski definition) is 6. The Hall–Kier alpha value is -3.55. The predicted molar refractivity (Wildman–Crippen MR) is 105 cm³/mol. The molecule has 0 bridgehead atoms. The van der Waals surface area contributed by atoms with E-state index >= 15 is 0 Å². The van der Waals surface area contributed by atoms with E-state index in [9.17, 15) is 14.0 Å². The number of cyclic esters (lactones) is 1. The molecule has 0 saturated heterocycles. The van der Waals surface area contributed by atoms with E-state index in [0.29, 0.717) is 39.8 Å². The van der Waals surface area contributed by atoms with Crippen molar-refractivity contribution in [3.8, 4) is 17.2 Å². The number of carbonyl (C=O) groups excluding carboxylic acids is 2. The molecule has 2 aromatic carbocycles. The van der Waals surface area contributed by atoms with Crippen molar-refractivity contribution in [1.82, 2.24) is 0 Å². The first-order chi connectivity index (χ1) is 14.5. The number of benzene rings is 2. The summed E-state index contributed by atoms with van der Waals surface area (Å²) in [7, 11) is 4.48. The Morgan fingerprint density at radius 2 is 1.73 bits per heavy atom. The van der Waals surface area contributed by atoms with Crippen LogP contribution in [0.4, 0.5) is 10.1 Å². The summed E-state index contributed by atoms with van der Waals surface area (Å²) in [5, 5.41) is 0. The number of carbonyl (C=O) groups is 2. The fraction of sp³-hybridized carbons (Fsp3) is 0.273. The van der Waals surface area contributed by atoms with Gasteiger partial charge in [0.1, 0.15) is 12.4 Å². The lowest BCUT2D eigenvalue weighted by Crippen LogP contribution is -2.37. The van der Waals surface area contributed by atoms with Crippen LogP contribution in [0.1, 0.15) is 17.9 Å². The minimum Gasteiger partial charge on any atom is -0.493 e. The number of esters is 1. The van der Waals surface area contributed by atoms with Gasteiger partial charge in [-0.05, 0) is 35.9 Å². The fourth-order valence-electron chi connectivity index (χ4n) is 3.96. The van der Waals surface area contributed by atoms with Crippen LogP contribution in [0.15, 0.2) is 47.7 Å². The monoisotopic (exact) mass is 413 g/mol. The van der Waals surface area contributed by atoms with E-state index in [1.807, 2.05) is 0 Å². The minimum atomic E-state index is -0.555. The maximum absolute atomic E-state index is 13.8. The van der Waals surface area contributed by atoms with Crippen molar-refractivity contribution in [2.45, 2.75) is 12.3 Å². The van der Waals surface area contributed by atoms with Crippen LogP contribution in [0.2, 0.25) is 0 Å². The van der Waals surface area contributed by atoms with Crippen LogP contribution in [0.25, 0.3) is 0 Å². The molecule has 2 aromatic rings. The zero-order chi connectivity index (χ0) is 21.4. The molecule has 0 unspecified atom stereocenters. The molecule has 0 aromatic heterocycles. The standard InChI is InChI=1S/C22H20FNO6/c1-27-17-7-12(8-18(28-2)21(17)29-3)15-10-19(25)24(14-6-4-5-13(23)9-14)16-11-30-22(26)20(15)16/h4-9,15H,10-11H2,1-3H3/t15-/m1/s1. The third kappa shape index (κ3) is 3.14. The highest BCUT2D eigenvalue weighted by atomic mass is 19.1. The Morgan fingerprint density at radius 1 is 1.03 bits per heavy atom. The summed E-state index contributed by atoms with van der Waals surface area (Å²) in [5.41, 5.74) is 1.80. The summed E-state index contributed by atoms with van der Waals surface area (Å²) in [6.07, 6.45) is 0.00306. The number of anilines is 1. The van der Waals surface area contributed by atoms with Crippen LogP contribution in [0.5, 0.6) is 17.2 Å². The Labute approximate surface area is 172 Å². The van der Waals surface area contributed by atoms with Crippen LogP contribution in [0, 0.1) is 5.82 Å². The van der Waals surface area contributed by atoms with Crippen molar-refractivity contribution in [2.75, 3.05) is 32.8 Å². The lowest BCUT2D eigenvalue weighted by Gasteiger charge is -2.32. The summed E-state index contributed by atoms with van der Waals surface area (Å²) < 4.78 is 35.2. The van der Waals surface area contributed by atoms with Gasteiger partial charge in [0, 0.05) is 12.3 Å². The van der Waals surface area contributed by atoms with E-state index in [-0.39, 0.29) is 18.9 Å². The number of nitrogens with zero attached hydrogens (tertiary/aromatic N) is 1. The molecule has 8 heteroatoms. The first-order valence-electron chi connectivity index (χ1n) is 9.27. The lowest BCUT2D eigenvalue weighted by molar-refractivity contribution is -0.136. The van der Waals surface area contributed by atoms with Gasteiger partial charge < -0.3 is 18.9 Å². The molecule has 0 N–H and O–H groups in total. The zero-order valence-electron chi connectivity index (χ0n) is 16.7. The molecule has 0 aliphatic carbocycles. The normalized spacial score (nSPS) is 18.3. The molecule has 1 amide bonds. The van der Waals surface area contributed by atoms with Gasteiger partial charge in [0.15, 0.2) is 11.5 Å². The molecular formula is C22H20FNO6. The second-order valence-electron chi connectivity index (χ2n) is 6.86. The topological polar surface area (TPSA) is 74.3 Å². The molecule has 4 rings (SSSR count). The van der Waals surface area contributed by atoms with Gasteiger partial charge in [-0.3, -0.25) is 9.69 Å². The Balaban J connectivity index is 1.85. The zero-order valence-corrected chi connectivity index (χ0v) is 16.7. The second kappa shape index (κ2) is 7.70. The van der Waals surface area contributed by atoms with Gasteiger partial charge >= 0.3 is 5.97 Å². The minimum absolute atomic E-state index is 0.00306. The van der Waals surface area contributed by atoms with Crippen molar-refractivity contribution >= 4 is 17.6 Å². The third-order valence-corrected chi connectivity index (χ3v) is 5.27. The molecule has 156 valence electrons. The first-order valence-corrected chi connectivity index (χ1v) is 9.27. The highest BCUT2D eigenvalue weighted by Gasteiger charge is 2.43. The third-order valence-electron chi connectivity index (χ3n) is 5.27. The average Bonchev–Trinajstić information content (AvgIpc) is 3.13. The number of halogens is 1. The molecule has 1 atom stereocenters. The molecule has 0 fully saturated rings. The van der Waals surface area contributed by atoms with E-state index in [2.05, 4.69) is 0 Å². The quantitative estimate of drug-likeness (QED) is 0.701. The highest BCUT2D eigenvalue weighted by molar-refractivity contribution is 6.06. The summed E-state index contributed by atoms with van der Waals surface area (Å²) in [5.74, 6) is -0.550. The van der Waals surface area contributed by atoms with Crippen molar-refractivity contribution < 1.29 is 32.9 Å². The molecule has 0 radical (unpaired) electrons. The maximum Gasteiger partial charge on any atom is 0.336 e. The second-order valence-corrected chi connectivity index (χ2v) is 6.86. The van der Waals surface area contributed by atoms with Crippen LogP contribution in [0.3, 0.4) is 0 Å². The van der Waals surface area contributed by atoms with E-state index < -0.39 is 17.7 Å². The van der Waals surface area contributed by atoms with Gasteiger partial charge in [-0.2, -0.15) is 0 Å². The largest absolute Gasteiger partial charge is 0.493 e. The number of ether oxygens (including phenoxy) is 4. The predicted octanol–water partition coefficient (Wildman–Crippen LogP) is 3.18. The smallest absolute Gasteiger partial charge is 0.336 e. The summed E-state index contributed by atoms with van der Waals surface area (Å²) in [6.45, 7) is -0.0582. The summed E-state index contributed by atoms with van der Waals surface area (Å²) in [6, 6.07) is 9.11. The highest BCUT2D eigenvalue weighted by Crippen LogP contribution is 2.46. The molecule has 0 saturated carbocycles. The van der Waals surface area contributed by atoms with Gasteiger partial charge in [0.25, 0.3) is 0 Å². The lowest BCUT2D eigenvalue weighted by atomic mass is 9.83. The Bertz CT molecular complexity index is 1040. The van der Waals surface area contributed by atoms with Gasteiger partial charge in [0.05, 0.1) is 38.3 Å². The summed E-state index contributed by atoms with van der Waals surface area (Å²) >= 11 is 0. The Kier molecular flexibility index (Phi) is 5.07. The summed E-state index contributed by atoms with van der Waals surface area (Å²) in [4.78, 5) is 27.0. The van der Waals surface area contributed by atoms with E-state index in [1.54, 1.807) is 18.2 Å². The van der Waals surface area contributed by atoms with Crippen molar-refractivity contribution in [2.24, 2.45) is 0 Å². The molecule has 2 heterocycles. The first kappa shape index (κ1) is 19.8. The average molecular weight is 413 g/mol. The molecule has 0 spiro atoms. The van der Waals surface area contributed by atoms with Gasteiger partial charge in [-0.1, -0.05) is 6.07 Å². The van der Waals surface area contributed by atoms with E-state index in [0.717, 1.165) is 0 Å². The van der Waals surface area contributed by atoms with Crippen molar-refractivity contribution in [3.63, 3.8) is 0 Å².